The zero-order valence-corrected chi connectivity index (χ0v) is 12.5. The third kappa shape index (κ3) is 3.34. The van der Waals surface area contributed by atoms with Crippen LogP contribution in [0.5, 0.6) is 0 Å². The summed E-state index contributed by atoms with van der Waals surface area (Å²) in [5, 5.41) is 6.20. The van der Waals surface area contributed by atoms with Crippen LogP contribution in [0.15, 0.2) is 5.38 Å². The van der Waals surface area contributed by atoms with Crippen molar-refractivity contribution in [1.29, 1.82) is 0 Å². The number of nitrogens with one attached hydrogen (secondary N) is 1. The first-order valence-corrected chi connectivity index (χ1v) is 7.96. The molecule has 5 heteroatoms. The largest absolute Gasteiger partial charge is 0.347 e. The van der Waals surface area contributed by atoms with Crippen LogP contribution in [0.2, 0.25) is 0 Å². The molecule has 1 aromatic rings. The lowest BCUT2D eigenvalue weighted by Gasteiger charge is -2.21. The van der Waals surface area contributed by atoms with E-state index in [-0.39, 0.29) is 17.9 Å². The minimum Gasteiger partial charge on any atom is -0.347 e. The van der Waals surface area contributed by atoms with E-state index >= 15 is 0 Å². The highest BCUT2D eigenvalue weighted by molar-refractivity contribution is 7.09. The normalized spacial score (nSPS) is 24.4. The Labute approximate surface area is 118 Å². The number of hydrogen-bond donors (Lipinski definition) is 2. The second-order valence-electron chi connectivity index (χ2n) is 5.33. The van der Waals surface area contributed by atoms with Crippen LogP contribution in [-0.2, 0) is 4.79 Å². The van der Waals surface area contributed by atoms with Gasteiger partial charge < -0.3 is 11.1 Å². The Balaban J connectivity index is 2.00. The van der Waals surface area contributed by atoms with Gasteiger partial charge in [-0.3, -0.25) is 4.79 Å². The van der Waals surface area contributed by atoms with E-state index in [1.54, 1.807) is 11.3 Å². The Bertz CT molecular complexity index is 432. The lowest BCUT2D eigenvalue weighted by Crippen LogP contribution is -2.37. The molecule has 4 nitrogen and oxygen atoms in total. The van der Waals surface area contributed by atoms with E-state index in [1.807, 2.05) is 12.3 Å². The fourth-order valence-electron chi connectivity index (χ4n) is 2.81. The summed E-state index contributed by atoms with van der Waals surface area (Å²) >= 11 is 1.62. The molecule has 0 aliphatic heterocycles. The maximum atomic E-state index is 12.4. The Morgan fingerprint density at radius 1 is 1.63 bits per heavy atom. The number of aryl methyl sites for hydroxylation is 1. The van der Waals surface area contributed by atoms with Crippen LogP contribution < -0.4 is 11.1 Å². The van der Waals surface area contributed by atoms with Gasteiger partial charge >= 0.3 is 0 Å². The molecule has 1 unspecified atom stereocenters. The molecule has 1 aliphatic rings. The molecule has 0 radical (unpaired) electrons. The van der Waals surface area contributed by atoms with Gasteiger partial charge in [-0.15, -0.1) is 11.3 Å². The van der Waals surface area contributed by atoms with Crippen LogP contribution >= 0.6 is 11.3 Å². The number of thiazole rings is 1. The van der Waals surface area contributed by atoms with Crippen molar-refractivity contribution in [3.8, 4) is 0 Å². The van der Waals surface area contributed by atoms with E-state index < -0.39 is 0 Å². The molecule has 1 saturated carbocycles. The Morgan fingerprint density at radius 2 is 2.42 bits per heavy atom. The van der Waals surface area contributed by atoms with Gasteiger partial charge in [0.2, 0.25) is 5.91 Å². The van der Waals surface area contributed by atoms with Crippen LogP contribution in [0.25, 0.3) is 0 Å². The van der Waals surface area contributed by atoms with Crippen LogP contribution in [-0.4, -0.2) is 17.4 Å². The Hall–Kier alpha value is -0.940. The van der Waals surface area contributed by atoms with Crippen molar-refractivity contribution in [2.75, 3.05) is 6.54 Å². The van der Waals surface area contributed by atoms with E-state index in [4.69, 9.17) is 5.73 Å². The number of nitrogens with two attached hydrogens (primary N) is 1. The highest BCUT2D eigenvalue weighted by atomic mass is 32.1. The molecule has 0 spiro atoms. The van der Waals surface area contributed by atoms with E-state index in [1.165, 1.54) is 0 Å². The SMILES string of the molecule is CCC(NC(=O)[C@@H]1CCC[C@@H]1CN)c1nc(C)cs1. The van der Waals surface area contributed by atoms with Gasteiger partial charge in [0.15, 0.2) is 0 Å². The summed E-state index contributed by atoms with van der Waals surface area (Å²) in [6, 6.07) is 0.0465. The highest BCUT2D eigenvalue weighted by Gasteiger charge is 2.33. The molecule has 0 aromatic carbocycles. The minimum atomic E-state index is 0.0465. The average Bonchev–Trinajstić information content (AvgIpc) is 3.03. The number of aromatic nitrogens is 1. The van der Waals surface area contributed by atoms with Crippen molar-refractivity contribution in [2.45, 2.75) is 45.6 Å². The molecule has 3 N–H and O–H groups in total. The molecule has 19 heavy (non-hydrogen) atoms. The average molecular weight is 281 g/mol. The van der Waals surface area contributed by atoms with Crippen LogP contribution in [0, 0.1) is 18.8 Å². The van der Waals surface area contributed by atoms with Gasteiger partial charge in [-0.25, -0.2) is 4.98 Å². The van der Waals surface area contributed by atoms with Crippen LogP contribution in [0.3, 0.4) is 0 Å². The van der Waals surface area contributed by atoms with E-state index in [2.05, 4.69) is 17.2 Å². The number of amides is 1. The van der Waals surface area contributed by atoms with Gasteiger partial charge in [0.05, 0.1) is 6.04 Å². The molecule has 1 amide bonds. The summed E-state index contributed by atoms with van der Waals surface area (Å²) in [5.41, 5.74) is 6.77. The summed E-state index contributed by atoms with van der Waals surface area (Å²) in [4.78, 5) is 16.9. The summed E-state index contributed by atoms with van der Waals surface area (Å²) in [5.74, 6) is 0.614. The second-order valence-corrected chi connectivity index (χ2v) is 6.22. The summed E-state index contributed by atoms with van der Waals surface area (Å²) in [7, 11) is 0. The highest BCUT2D eigenvalue weighted by Crippen LogP contribution is 2.32. The molecule has 106 valence electrons. The molecule has 2 rings (SSSR count). The van der Waals surface area contributed by atoms with Gasteiger partial charge in [-0.05, 0) is 38.6 Å². The topological polar surface area (TPSA) is 68.0 Å². The third-order valence-corrected chi connectivity index (χ3v) is 5.03. The molecular weight excluding hydrogens is 258 g/mol. The number of rotatable bonds is 5. The molecule has 3 atom stereocenters. The first-order chi connectivity index (χ1) is 9.15. The fraction of sp³-hybridized carbons (Fsp3) is 0.714. The van der Waals surface area contributed by atoms with Gasteiger partial charge in [0.1, 0.15) is 5.01 Å². The molecule has 1 aliphatic carbocycles. The molecular formula is C14H23N3OS. The van der Waals surface area contributed by atoms with Gasteiger partial charge in [-0.2, -0.15) is 0 Å². The Morgan fingerprint density at radius 3 is 3.00 bits per heavy atom. The van der Waals surface area contributed by atoms with Crippen LogP contribution in [0.1, 0.15) is 49.4 Å². The molecule has 1 heterocycles. The van der Waals surface area contributed by atoms with Crippen molar-refractivity contribution < 1.29 is 4.79 Å². The zero-order chi connectivity index (χ0) is 13.8. The number of carbonyl (C=O) groups is 1. The number of hydrogen-bond acceptors (Lipinski definition) is 4. The van der Waals surface area contributed by atoms with E-state index in [9.17, 15) is 4.79 Å². The molecule has 0 bridgehead atoms. The van der Waals surface area contributed by atoms with Crippen molar-refractivity contribution in [3.05, 3.63) is 16.1 Å². The fourth-order valence-corrected chi connectivity index (χ4v) is 3.74. The Kier molecular flexibility index (Phi) is 4.93. The predicted molar refractivity (Wildman–Crippen MR) is 77.9 cm³/mol. The number of carbonyl (C=O) groups excluding carboxylic acids is 1. The first kappa shape index (κ1) is 14.5. The summed E-state index contributed by atoms with van der Waals surface area (Å²) < 4.78 is 0. The maximum Gasteiger partial charge on any atom is 0.223 e. The zero-order valence-electron chi connectivity index (χ0n) is 11.7. The third-order valence-electron chi connectivity index (χ3n) is 3.96. The van der Waals surface area contributed by atoms with Crippen LogP contribution in [0.4, 0.5) is 0 Å². The second kappa shape index (κ2) is 6.48. The van der Waals surface area contributed by atoms with E-state index in [0.29, 0.717) is 12.5 Å². The standard InChI is InChI=1S/C14H23N3OS/c1-3-12(14-16-9(2)8-19-14)17-13(18)11-6-4-5-10(11)7-15/h8,10-12H,3-7,15H2,1-2H3,(H,17,18)/t10-,11-,12?/m1/s1. The minimum absolute atomic E-state index is 0.0465. The maximum absolute atomic E-state index is 12.4. The van der Waals surface area contributed by atoms with Gasteiger partial charge in [-0.1, -0.05) is 13.3 Å². The quantitative estimate of drug-likeness (QED) is 0.871. The molecule has 1 aromatic heterocycles. The van der Waals surface area contributed by atoms with Crippen molar-refractivity contribution in [1.82, 2.24) is 10.3 Å². The smallest absolute Gasteiger partial charge is 0.223 e. The van der Waals surface area contributed by atoms with E-state index in [0.717, 1.165) is 36.4 Å². The van der Waals surface area contributed by atoms with Crippen molar-refractivity contribution in [2.24, 2.45) is 17.6 Å². The summed E-state index contributed by atoms with van der Waals surface area (Å²) in [6.45, 7) is 4.68. The van der Waals surface area contributed by atoms with Gasteiger partial charge in [0.25, 0.3) is 0 Å². The predicted octanol–water partition coefficient (Wildman–Crippen LogP) is 2.39. The lowest BCUT2D eigenvalue weighted by atomic mass is 9.95. The first-order valence-electron chi connectivity index (χ1n) is 7.08. The summed E-state index contributed by atoms with van der Waals surface area (Å²) in [6.07, 6.45) is 4.05. The van der Waals surface area contributed by atoms with Gasteiger partial charge in [0, 0.05) is 17.0 Å². The molecule has 0 saturated heterocycles. The number of nitrogens with zero attached hydrogens (tertiary/aromatic N) is 1. The molecule has 1 fully saturated rings. The lowest BCUT2D eigenvalue weighted by molar-refractivity contribution is -0.126. The van der Waals surface area contributed by atoms with Crippen molar-refractivity contribution in [3.63, 3.8) is 0 Å². The monoisotopic (exact) mass is 281 g/mol. The van der Waals surface area contributed by atoms with Crippen molar-refractivity contribution >= 4 is 17.2 Å².